The standard InChI is InChI=1S/C13H11BrFN3O/c1-6(2)18-12-7-3-8(14)9(15)4-10(7)16-5-11(12)17-13(18)19/h3-6H,1-2H3,(H,17,19). The Balaban J connectivity index is 2.58. The summed E-state index contributed by atoms with van der Waals surface area (Å²) in [6.07, 6.45) is 1.56. The monoisotopic (exact) mass is 323 g/mol. The van der Waals surface area contributed by atoms with Gasteiger partial charge in [-0.15, -0.1) is 0 Å². The van der Waals surface area contributed by atoms with Crippen LogP contribution in [0.15, 0.2) is 27.6 Å². The van der Waals surface area contributed by atoms with Gasteiger partial charge in [0.05, 0.1) is 27.2 Å². The fourth-order valence-corrected chi connectivity index (χ4v) is 2.64. The Morgan fingerprint density at radius 2 is 2.16 bits per heavy atom. The van der Waals surface area contributed by atoms with Crippen LogP contribution in [0.5, 0.6) is 0 Å². The van der Waals surface area contributed by atoms with E-state index in [0.29, 0.717) is 15.5 Å². The minimum absolute atomic E-state index is 0.00989. The summed E-state index contributed by atoms with van der Waals surface area (Å²) in [6.45, 7) is 3.86. The summed E-state index contributed by atoms with van der Waals surface area (Å²) in [7, 11) is 0. The fraction of sp³-hybridized carbons (Fsp3) is 0.231. The van der Waals surface area contributed by atoms with Gasteiger partial charge < -0.3 is 4.98 Å². The van der Waals surface area contributed by atoms with E-state index in [2.05, 4.69) is 25.9 Å². The Kier molecular flexibility index (Phi) is 2.70. The van der Waals surface area contributed by atoms with Crippen LogP contribution in [0.3, 0.4) is 0 Å². The minimum atomic E-state index is -0.367. The van der Waals surface area contributed by atoms with Crippen molar-refractivity contribution in [2.24, 2.45) is 0 Å². The van der Waals surface area contributed by atoms with Crippen LogP contribution in [-0.4, -0.2) is 14.5 Å². The van der Waals surface area contributed by atoms with E-state index in [1.165, 1.54) is 6.07 Å². The predicted molar refractivity (Wildman–Crippen MR) is 75.9 cm³/mol. The van der Waals surface area contributed by atoms with Gasteiger partial charge in [-0.05, 0) is 35.8 Å². The normalized spacial score (nSPS) is 11.8. The first-order valence-corrected chi connectivity index (χ1v) is 6.66. The van der Waals surface area contributed by atoms with Gasteiger partial charge in [-0.1, -0.05) is 0 Å². The smallest absolute Gasteiger partial charge is 0.304 e. The van der Waals surface area contributed by atoms with Crippen LogP contribution < -0.4 is 5.69 Å². The van der Waals surface area contributed by atoms with E-state index in [9.17, 15) is 9.18 Å². The van der Waals surface area contributed by atoms with Gasteiger partial charge in [0.1, 0.15) is 5.82 Å². The van der Waals surface area contributed by atoms with Crippen molar-refractivity contribution in [2.45, 2.75) is 19.9 Å². The average Bonchev–Trinajstić information content (AvgIpc) is 2.67. The number of hydrogen-bond acceptors (Lipinski definition) is 2. The third-order valence-electron chi connectivity index (χ3n) is 3.10. The van der Waals surface area contributed by atoms with Crippen molar-refractivity contribution >= 4 is 37.9 Å². The third-order valence-corrected chi connectivity index (χ3v) is 3.71. The Morgan fingerprint density at radius 3 is 2.84 bits per heavy atom. The second kappa shape index (κ2) is 4.16. The number of H-pyrrole nitrogens is 1. The average molecular weight is 324 g/mol. The van der Waals surface area contributed by atoms with Crippen LogP contribution in [0.1, 0.15) is 19.9 Å². The van der Waals surface area contributed by atoms with E-state index in [1.807, 2.05) is 13.8 Å². The molecule has 0 fully saturated rings. The van der Waals surface area contributed by atoms with Gasteiger partial charge >= 0.3 is 5.69 Å². The lowest BCUT2D eigenvalue weighted by molar-refractivity contribution is 0.599. The second-order valence-electron chi connectivity index (χ2n) is 4.70. The predicted octanol–water partition coefficient (Wildman–Crippen LogP) is 3.36. The number of imidazole rings is 1. The number of pyridine rings is 1. The van der Waals surface area contributed by atoms with Crippen molar-refractivity contribution < 1.29 is 4.39 Å². The Labute approximate surface area is 116 Å². The molecule has 0 aliphatic heterocycles. The molecule has 0 amide bonds. The van der Waals surface area contributed by atoms with Crippen molar-refractivity contribution in [3.8, 4) is 0 Å². The SMILES string of the molecule is CC(C)n1c(=O)[nH]c2cnc3cc(F)c(Br)cc3c21. The first-order chi connectivity index (χ1) is 8.99. The zero-order valence-electron chi connectivity index (χ0n) is 10.4. The summed E-state index contributed by atoms with van der Waals surface area (Å²) in [5.74, 6) is -0.367. The summed E-state index contributed by atoms with van der Waals surface area (Å²) in [5.41, 5.74) is 1.76. The molecule has 0 saturated carbocycles. The van der Waals surface area contributed by atoms with Gasteiger partial charge in [-0.3, -0.25) is 9.55 Å². The molecule has 2 aromatic heterocycles. The largest absolute Gasteiger partial charge is 0.326 e. The first kappa shape index (κ1) is 12.3. The van der Waals surface area contributed by atoms with Crippen LogP contribution in [0.4, 0.5) is 4.39 Å². The highest BCUT2D eigenvalue weighted by atomic mass is 79.9. The van der Waals surface area contributed by atoms with Crippen molar-refractivity contribution in [3.63, 3.8) is 0 Å². The van der Waals surface area contributed by atoms with E-state index in [0.717, 1.165) is 10.9 Å². The van der Waals surface area contributed by atoms with Crippen LogP contribution in [0, 0.1) is 5.82 Å². The lowest BCUT2D eigenvalue weighted by Crippen LogP contribution is -2.18. The van der Waals surface area contributed by atoms with Gasteiger partial charge in [0.15, 0.2) is 0 Å². The third kappa shape index (κ3) is 1.78. The Bertz CT molecular complexity index is 850. The summed E-state index contributed by atoms with van der Waals surface area (Å²) in [6, 6.07) is 3.03. The number of aromatic amines is 1. The zero-order valence-corrected chi connectivity index (χ0v) is 12.0. The molecule has 0 aliphatic rings. The molecule has 0 radical (unpaired) electrons. The number of fused-ring (bicyclic) bond motifs is 3. The molecule has 0 aliphatic carbocycles. The molecule has 0 unspecified atom stereocenters. The fourth-order valence-electron chi connectivity index (χ4n) is 2.29. The molecule has 6 heteroatoms. The number of benzene rings is 1. The molecule has 0 atom stereocenters. The molecule has 3 aromatic rings. The second-order valence-corrected chi connectivity index (χ2v) is 5.55. The molecule has 0 spiro atoms. The number of nitrogens with one attached hydrogen (secondary N) is 1. The van der Waals surface area contributed by atoms with Gasteiger partial charge in [-0.2, -0.15) is 0 Å². The quantitative estimate of drug-likeness (QED) is 0.746. The first-order valence-electron chi connectivity index (χ1n) is 5.87. The maximum Gasteiger partial charge on any atom is 0.326 e. The Hall–Kier alpha value is -1.69. The van der Waals surface area contributed by atoms with E-state index < -0.39 is 0 Å². The minimum Gasteiger partial charge on any atom is -0.304 e. The van der Waals surface area contributed by atoms with Crippen molar-refractivity contribution in [2.75, 3.05) is 0 Å². The summed E-state index contributed by atoms with van der Waals surface area (Å²) >= 11 is 3.17. The van der Waals surface area contributed by atoms with E-state index in [-0.39, 0.29) is 17.5 Å². The zero-order chi connectivity index (χ0) is 13.7. The van der Waals surface area contributed by atoms with E-state index in [4.69, 9.17) is 0 Å². The topological polar surface area (TPSA) is 50.7 Å². The number of aromatic nitrogens is 3. The van der Waals surface area contributed by atoms with Gasteiger partial charge in [-0.25, -0.2) is 9.18 Å². The molecular weight excluding hydrogens is 313 g/mol. The highest BCUT2D eigenvalue weighted by Gasteiger charge is 2.14. The van der Waals surface area contributed by atoms with Crippen molar-refractivity contribution in [1.82, 2.24) is 14.5 Å². The summed E-state index contributed by atoms with van der Waals surface area (Å²) < 4.78 is 15.6. The number of halogens is 2. The van der Waals surface area contributed by atoms with Gasteiger partial charge in [0.2, 0.25) is 0 Å². The highest BCUT2D eigenvalue weighted by molar-refractivity contribution is 9.10. The molecular formula is C13H11BrFN3O. The maximum atomic E-state index is 13.5. The van der Waals surface area contributed by atoms with Gasteiger partial charge in [0, 0.05) is 17.5 Å². The maximum absolute atomic E-state index is 13.5. The molecule has 0 bridgehead atoms. The molecule has 1 aromatic carbocycles. The molecule has 0 saturated heterocycles. The molecule has 4 nitrogen and oxygen atoms in total. The lowest BCUT2D eigenvalue weighted by Gasteiger charge is -2.09. The van der Waals surface area contributed by atoms with Crippen LogP contribution >= 0.6 is 15.9 Å². The molecule has 19 heavy (non-hydrogen) atoms. The molecule has 1 N–H and O–H groups in total. The van der Waals surface area contributed by atoms with E-state index >= 15 is 0 Å². The van der Waals surface area contributed by atoms with Crippen molar-refractivity contribution in [1.29, 1.82) is 0 Å². The van der Waals surface area contributed by atoms with Gasteiger partial charge in [0.25, 0.3) is 0 Å². The number of nitrogens with zero attached hydrogens (tertiary/aromatic N) is 2. The van der Waals surface area contributed by atoms with E-state index in [1.54, 1.807) is 16.8 Å². The van der Waals surface area contributed by atoms with Crippen LogP contribution in [0.25, 0.3) is 21.9 Å². The van der Waals surface area contributed by atoms with Crippen LogP contribution in [-0.2, 0) is 0 Å². The molecule has 98 valence electrons. The summed E-state index contributed by atoms with van der Waals surface area (Å²) in [4.78, 5) is 18.9. The highest BCUT2D eigenvalue weighted by Crippen LogP contribution is 2.28. The van der Waals surface area contributed by atoms with Crippen LogP contribution in [0.2, 0.25) is 0 Å². The molecule has 2 heterocycles. The number of rotatable bonds is 1. The van der Waals surface area contributed by atoms with Crippen molar-refractivity contribution in [3.05, 3.63) is 39.1 Å². The number of hydrogen-bond donors (Lipinski definition) is 1. The molecule has 3 rings (SSSR count). The lowest BCUT2D eigenvalue weighted by atomic mass is 10.2. The summed E-state index contributed by atoms with van der Waals surface area (Å²) in [5, 5.41) is 0.748. The Morgan fingerprint density at radius 1 is 1.42 bits per heavy atom.